The maximum atomic E-state index is 13.7. The number of nitriles is 1. The number of nitrogens with zero attached hydrogens (tertiary/aromatic N) is 7. The van der Waals surface area contributed by atoms with Gasteiger partial charge in [0.1, 0.15) is 18.0 Å². The number of hydrogen-bond donors (Lipinski definition) is 3. The van der Waals surface area contributed by atoms with Crippen molar-refractivity contribution in [3.8, 4) is 17.5 Å². The maximum Gasteiger partial charge on any atom is 0.320 e. The van der Waals surface area contributed by atoms with Crippen molar-refractivity contribution >= 4 is 26.7 Å². The first-order valence-electron chi connectivity index (χ1n) is 12.2. The van der Waals surface area contributed by atoms with Crippen LogP contribution in [0.1, 0.15) is 64.3 Å². The van der Waals surface area contributed by atoms with Crippen molar-refractivity contribution in [1.29, 1.82) is 5.26 Å². The molecule has 2 heterocycles. The van der Waals surface area contributed by atoms with Crippen molar-refractivity contribution in [1.82, 2.24) is 35.3 Å². The second-order valence-corrected chi connectivity index (χ2v) is 10.9. The van der Waals surface area contributed by atoms with E-state index < -0.39 is 28.8 Å². The number of aryl methyl sites for hydroxylation is 1. The van der Waals surface area contributed by atoms with Gasteiger partial charge in [0.05, 0.1) is 34.3 Å². The number of carbonyl (C=O) groups is 2. The first-order valence-corrected chi connectivity index (χ1v) is 12.7. The molecule has 0 fully saturated rings. The molecule has 0 saturated carbocycles. The highest BCUT2D eigenvalue weighted by atomic mass is 31.0. The molecule has 2 aromatic carbocycles. The summed E-state index contributed by atoms with van der Waals surface area (Å²) < 4.78 is 28.4. The molecule has 1 atom stereocenters. The van der Waals surface area contributed by atoms with Crippen molar-refractivity contribution in [3.63, 3.8) is 0 Å². The minimum absolute atomic E-state index is 0.00690. The SMILES string of the molecule is Cc1cc(C#N)cc(C(=O)NC(C)(C)C)c1NC(=O)c1cc(Cn2nnc(C(F)(F)P)n2)nn1-c1ccc(O)cc1. The summed E-state index contributed by atoms with van der Waals surface area (Å²) in [6.07, 6.45) is 0. The molecule has 3 N–H and O–H groups in total. The van der Waals surface area contributed by atoms with Crippen LogP contribution in [0, 0.1) is 18.3 Å². The van der Waals surface area contributed by atoms with Crippen molar-refractivity contribution in [2.45, 2.75) is 45.4 Å². The Morgan fingerprint density at radius 2 is 1.78 bits per heavy atom. The summed E-state index contributed by atoms with van der Waals surface area (Å²) in [6, 6.07) is 12.2. The summed E-state index contributed by atoms with van der Waals surface area (Å²) in [6.45, 7) is 6.87. The van der Waals surface area contributed by atoms with Gasteiger partial charge in [-0.25, -0.2) is 4.68 Å². The number of phenolic OH excluding ortho intramolecular Hbond substituents is 1. The van der Waals surface area contributed by atoms with E-state index >= 15 is 0 Å². The van der Waals surface area contributed by atoms with E-state index in [0.29, 0.717) is 11.3 Å². The van der Waals surface area contributed by atoms with Crippen LogP contribution in [0.25, 0.3) is 5.69 Å². The molecule has 41 heavy (non-hydrogen) atoms. The Balaban J connectivity index is 1.74. The smallest absolute Gasteiger partial charge is 0.320 e. The molecule has 0 radical (unpaired) electrons. The average molecular weight is 582 g/mol. The number of anilines is 1. The highest BCUT2D eigenvalue weighted by molar-refractivity contribution is 7.17. The second-order valence-electron chi connectivity index (χ2n) is 10.2. The summed E-state index contributed by atoms with van der Waals surface area (Å²) in [7, 11) is 1.33. The zero-order chi connectivity index (χ0) is 30.1. The fourth-order valence-corrected chi connectivity index (χ4v) is 3.95. The normalized spacial score (nSPS) is 11.7. The first-order chi connectivity index (χ1) is 19.1. The summed E-state index contributed by atoms with van der Waals surface area (Å²) in [5.74, 6) is -1.94. The van der Waals surface area contributed by atoms with Crippen molar-refractivity contribution in [3.05, 3.63) is 76.4 Å². The lowest BCUT2D eigenvalue weighted by Crippen LogP contribution is -2.41. The number of benzene rings is 2. The van der Waals surface area contributed by atoms with Gasteiger partial charge in [-0.05, 0) is 80.9 Å². The van der Waals surface area contributed by atoms with Crippen LogP contribution in [-0.4, -0.2) is 52.4 Å². The molecule has 212 valence electrons. The number of carbonyl (C=O) groups excluding carboxylic acids is 2. The molecule has 1 unspecified atom stereocenters. The minimum atomic E-state index is -3.37. The molecule has 4 aromatic rings. The van der Waals surface area contributed by atoms with E-state index in [2.05, 4.69) is 31.1 Å². The molecule has 15 heteroatoms. The number of aromatic nitrogens is 6. The number of amides is 2. The summed E-state index contributed by atoms with van der Waals surface area (Å²) in [4.78, 5) is 27.7. The van der Waals surface area contributed by atoms with Gasteiger partial charge in [-0.2, -0.15) is 23.9 Å². The molecule has 2 amide bonds. The van der Waals surface area contributed by atoms with Gasteiger partial charge in [-0.3, -0.25) is 9.59 Å². The van der Waals surface area contributed by atoms with Gasteiger partial charge in [0.15, 0.2) is 0 Å². The Morgan fingerprint density at radius 3 is 2.37 bits per heavy atom. The van der Waals surface area contributed by atoms with Crippen LogP contribution in [0.15, 0.2) is 42.5 Å². The van der Waals surface area contributed by atoms with Crippen LogP contribution in [0.2, 0.25) is 0 Å². The van der Waals surface area contributed by atoms with Crippen molar-refractivity contribution in [2.24, 2.45) is 0 Å². The third kappa shape index (κ3) is 6.88. The van der Waals surface area contributed by atoms with Gasteiger partial charge in [0.25, 0.3) is 11.8 Å². The summed E-state index contributed by atoms with van der Waals surface area (Å²) >= 11 is 0. The van der Waals surface area contributed by atoms with Crippen LogP contribution < -0.4 is 10.6 Å². The van der Waals surface area contributed by atoms with E-state index in [1.807, 2.05) is 6.07 Å². The number of nitrogens with one attached hydrogen (secondary N) is 2. The van der Waals surface area contributed by atoms with E-state index in [1.165, 1.54) is 50.3 Å². The Morgan fingerprint density at radius 1 is 1.10 bits per heavy atom. The van der Waals surface area contributed by atoms with E-state index in [9.17, 15) is 28.7 Å². The number of alkyl halides is 2. The van der Waals surface area contributed by atoms with Gasteiger partial charge in [-0.15, -0.1) is 10.2 Å². The molecular formula is C26H26F2N9O3P. The Kier molecular flexibility index (Phi) is 7.85. The third-order valence-corrected chi connectivity index (χ3v) is 5.84. The van der Waals surface area contributed by atoms with Gasteiger partial charge in [-0.1, -0.05) is 9.24 Å². The van der Waals surface area contributed by atoms with Crippen LogP contribution in [-0.2, 0) is 12.2 Å². The lowest BCUT2D eigenvalue weighted by atomic mass is 10.0. The number of halogens is 2. The number of rotatable bonds is 7. The monoisotopic (exact) mass is 581 g/mol. The lowest BCUT2D eigenvalue weighted by molar-refractivity contribution is 0.0916. The first kappa shape index (κ1) is 29.2. The minimum Gasteiger partial charge on any atom is -0.508 e. The molecule has 0 aliphatic carbocycles. The standard InChI is InChI=1S/C26H26F2N9O3P/c1-14-9-15(12-29)10-19(22(39)31-25(2,3)4)21(14)30-23(40)20-11-16(13-36-34-24(32-35-36)26(27,28)41)33-37(20)17-5-7-18(38)8-6-17/h5-11,38H,13,41H2,1-4H3,(H,30,40)(H,31,39). The second kappa shape index (κ2) is 11.0. The molecule has 2 aromatic heterocycles. The average Bonchev–Trinajstić information content (AvgIpc) is 3.52. The summed E-state index contributed by atoms with van der Waals surface area (Å²) in [5, 5.41) is 39.8. The van der Waals surface area contributed by atoms with Crippen molar-refractivity contribution < 1.29 is 23.5 Å². The molecule has 0 aliphatic rings. The van der Waals surface area contributed by atoms with Gasteiger partial charge in [0, 0.05) is 5.54 Å². The Labute approximate surface area is 235 Å². The lowest BCUT2D eigenvalue weighted by Gasteiger charge is -2.22. The van der Waals surface area contributed by atoms with E-state index in [4.69, 9.17) is 0 Å². The van der Waals surface area contributed by atoms with E-state index in [0.717, 1.165) is 4.80 Å². The van der Waals surface area contributed by atoms with Crippen LogP contribution in [0.5, 0.6) is 5.75 Å². The van der Waals surface area contributed by atoms with Gasteiger partial charge in [0.2, 0.25) is 5.82 Å². The quantitative estimate of drug-likeness (QED) is 0.279. The number of tetrazole rings is 1. The maximum absolute atomic E-state index is 13.7. The third-order valence-electron chi connectivity index (χ3n) is 5.58. The zero-order valence-electron chi connectivity index (χ0n) is 22.5. The fourth-order valence-electron chi connectivity index (χ4n) is 3.83. The molecule has 12 nitrogen and oxygen atoms in total. The van der Waals surface area contributed by atoms with E-state index in [1.54, 1.807) is 33.8 Å². The molecule has 0 aliphatic heterocycles. The number of hydrogen-bond acceptors (Lipinski definition) is 8. The number of phenols is 1. The molecule has 0 bridgehead atoms. The topological polar surface area (TPSA) is 164 Å². The predicted molar refractivity (Wildman–Crippen MR) is 147 cm³/mol. The zero-order valence-corrected chi connectivity index (χ0v) is 23.6. The van der Waals surface area contributed by atoms with E-state index in [-0.39, 0.29) is 40.5 Å². The molecular weight excluding hydrogens is 555 g/mol. The highest BCUT2D eigenvalue weighted by Gasteiger charge is 2.31. The van der Waals surface area contributed by atoms with Crippen molar-refractivity contribution in [2.75, 3.05) is 5.32 Å². The predicted octanol–water partition coefficient (Wildman–Crippen LogP) is 3.50. The Hall–Kier alpha value is -4.76. The van der Waals surface area contributed by atoms with Crippen LogP contribution in [0.4, 0.5) is 14.5 Å². The van der Waals surface area contributed by atoms with Crippen LogP contribution >= 0.6 is 9.24 Å². The largest absolute Gasteiger partial charge is 0.508 e. The summed E-state index contributed by atoms with van der Waals surface area (Å²) in [5.41, 5.74) is -2.28. The fraction of sp³-hybridized carbons (Fsp3) is 0.269. The van der Waals surface area contributed by atoms with Gasteiger partial charge < -0.3 is 15.7 Å². The van der Waals surface area contributed by atoms with Crippen LogP contribution in [0.3, 0.4) is 0 Å². The Bertz CT molecular complexity index is 1660. The van der Waals surface area contributed by atoms with Gasteiger partial charge >= 0.3 is 5.66 Å². The molecule has 0 spiro atoms. The number of aromatic hydroxyl groups is 1. The molecule has 0 saturated heterocycles. The molecule has 4 rings (SSSR count). The highest BCUT2D eigenvalue weighted by Crippen LogP contribution is 2.31.